The van der Waals surface area contributed by atoms with Crippen molar-refractivity contribution >= 4 is 15.4 Å². The van der Waals surface area contributed by atoms with Gasteiger partial charge in [-0.25, -0.2) is 0 Å². The molecule has 0 radical (unpaired) electrons. The van der Waals surface area contributed by atoms with Gasteiger partial charge in [0, 0.05) is 6.61 Å². The molecule has 1 rings (SSSR count). The molecule has 0 spiro atoms. The molecule has 2 N–H and O–H groups in total. The number of hydrogen-bond acceptors (Lipinski definition) is 3. The van der Waals surface area contributed by atoms with Gasteiger partial charge in [-0.05, 0) is 32.4 Å². The van der Waals surface area contributed by atoms with Crippen molar-refractivity contribution in [3.05, 3.63) is 0 Å². The van der Waals surface area contributed by atoms with Crippen molar-refractivity contribution < 1.29 is 14.6 Å². The zero-order valence-electron chi connectivity index (χ0n) is 11.0. The van der Waals surface area contributed by atoms with E-state index < -0.39 is 15.4 Å². The second-order valence-electron chi connectivity index (χ2n) is 6.02. The van der Waals surface area contributed by atoms with Crippen molar-refractivity contribution in [3.8, 4) is 0 Å². The third kappa shape index (κ3) is 3.16. The Hall–Kier alpha value is 0.314. The Kier molecular flexibility index (Phi) is 4.77. The highest BCUT2D eigenvalue weighted by atomic mass is 29.3. The third-order valence-electron chi connectivity index (χ3n) is 4.22. The summed E-state index contributed by atoms with van der Waals surface area (Å²) in [7, 11) is -2.75. The maximum Gasteiger partial charge on any atom is 0.174 e. The van der Waals surface area contributed by atoms with Crippen molar-refractivity contribution in [1.82, 2.24) is 0 Å². The quantitative estimate of drug-likeness (QED) is 0.761. The topological polar surface area (TPSA) is 49.7 Å². The first-order chi connectivity index (χ1) is 7.30. The van der Waals surface area contributed by atoms with Gasteiger partial charge in [0.15, 0.2) is 7.83 Å². The molecule has 0 bridgehead atoms. The molecule has 0 saturated carbocycles. The fraction of sp³-hybridized carbons (Fsp3) is 1.00. The van der Waals surface area contributed by atoms with Crippen LogP contribution in [0.4, 0.5) is 0 Å². The van der Waals surface area contributed by atoms with Gasteiger partial charge in [0.05, 0.1) is 19.8 Å². The van der Waals surface area contributed by atoms with Gasteiger partial charge >= 0.3 is 0 Å². The summed E-state index contributed by atoms with van der Waals surface area (Å²) in [5, 5.41) is 18.8. The van der Waals surface area contributed by atoms with Crippen molar-refractivity contribution in [2.24, 2.45) is 0 Å². The molecular formula is C11H26O3Si2. The van der Waals surface area contributed by atoms with Crippen LogP contribution in [0.5, 0.6) is 0 Å². The molecule has 1 heterocycles. The van der Waals surface area contributed by atoms with Crippen LogP contribution < -0.4 is 0 Å². The fourth-order valence-corrected chi connectivity index (χ4v) is 8.77. The summed E-state index contributed by atoms with van der Waals surface area (Å²) >= 11 is 0. The Morgan fingerprint density at radius 1 is 1.31 bits per heavy atom. The van der Waals surface area contributed by atoms with Gasteiger partial charge in [0.25, 0.3) is 0 Å². The van der Waals surface area contributed by atoms with E-state index in [1.807, 2.05) is 0 Å². The number of aliphatic hydroxyl groups is 2. The van der Waals surface area contributed by atoms with Crippen LogP contribution in [0.3, 0.4) is 0 Å². The molecule has 96 valence electrons. The minimum absolute atomic E-state index is 0.0220. The molecule has 2 atom stereocenters. The van der Waals surface area contributed by atoms with Crippen LogP contribution in [0.1, 0.15) is 19.3 Å². The zero-order valence-corrected chi connectivity index (χ0v) is 13.0. The highest BCUT2D eigenvalue weighted by Crippen LogP contribution is 2.34. The van der Waals surface area contributed by atoms with E-state index in [9.17, 15) is 5.11 Å². The van der Waals surface area contributed by atoms with E-state index in [-0.39, 0.29) is 18.8 Å². The van der Waals surface area contributed by atoms with Gasteiger partial charge in [0.1, 0.15) is 0 Å². The van der Waals surface area contributed by atoms with Crippen molar-refractivity contribution in [1.29, 1.82) is 0 Å². The van der Waals surface area contributed by atoms with Crippen molar-refractivity contribution in [2.75, 3.05) is 6.61 Å². The molecule has 3 nitrogen and oxygen atoms in total. The third-order valence-corrected chi connectivity index (χ3v) is 20.8. The normalized spacial score (nSPS) is 30.0. The SMILES string of the molecule is C[Si]1(C)CCC(C(O)CCCO)O[Si]1(C)C. The minimum atomic E-state index is -1.57. The zero-order chi connectivity index (χ0) is 12.4. The summed E-state index contributed by atoms with van der Waals surface area (Å²) < 4.78 is 6.22. The highest BCUT2D eigenvalue weighted by molar-refractivity contribution is 7.38. The van der Waals surface area contributed by atoms with Crippen LogP contribution in [0.15, 0.2) is 0 Å². The summed E-state index contributed by atoms with van der Waals surface area (Å²) in [6, 6.07) is 1.27. The first-order valence-corrected chi connectivity index (χ1v) is 13.4. The van der Waals surface area contributed by atoms with Crippen LogP contribution >= 0.6 is 0 Å². The second-order valence-corrected chi connectivity index (χ2v) is 21.2. The van der Waals surface area contributed by atoms with E-state index in [0.29, 0.717) is 12.8 Å². The molecule has 16 heavy (non-hydrogen) atoms. The Morgan fingerprint density at radius 3 is 2.44 bits per heavy atom. The van der Waals surface area contributed by atoms with E-state index in [0.717, 1.165) is 6.42 Å². The van der Waals surface area contributed by atoms with Crippen LogP contribution in [0, 0.1) is 0 Å². The minimum Gasteiger partial charge on any atom is -0.415 e. The Balaban J connectivity index is 2.55. The average molecular weight is 262 g/mol. The molecule has 0 amide bonds. The van der Waals surface area contributed by atoms with E-state index in [1.54, 1.807) is 0 Å². The Labute approximate surface area is 101 Å². The number of hydrogen-bond donors (Lipinski definition) is 2. The van der Waals surface area contributed by atoms with Gasteiger partial charge in [-0.3, -0.25) is 0 Å². The Morgan fingerprint density at radius 2 is 1.94 bits per heavy atom. The van der Waals surface area contributed by atoms with Gasteiger partial charge in [-0.15, -0.1) is 0 Å². The lowest BCUT2D eigenvalue weighted by molar-refractivity contribution is 0.0187. The highest BCUT2D eigenvalue weighted by Gasteiger charge is 2.48. The van der Waals surface area contributed by atoms with E-state index in [2.05, 4.69) is 26.2 Å². The molecule has 0 aromatic heterocycles. The average Bonchev–Trinajstić information content (AvgIpc) is 2.18. The molecule has 5 heteroatoms. The molecule has 1 aliphatic rings. The lowest BCUT2D eigenvalue weighted by Gasteiger charge is -2.46. The predicted molar refractivity (Wildman–Crippen MR) is 71.6 cm³/mol. The monoisotopic (exact) mass is 262 g/mol. The maximum absolute atomic E-state index is 10.0. The molecular weight excluding hydrogens is 236 g/mol. The lowest BCUT2D eigenvalue weighted by Crippen LogP contribution is -2.63. The van der Waals surface area contributed by atoms with E-state index in [1.165, 1.54) is 6.04 Å². The van der Waals surface area contributed by atoms with Gasteiger partial charge < -0.3 is 14.6 Å². The fourth-order valence-electron chi connectivity index (χ4n) is 2.16. The largest absolute Gasteiger partial charge is 0.415 e. The van der Waals surface area contributed by atoms with E-state index >= 15 is 0 Å². The molecule has 0 aliphatic carbocycles. The van der Waals surface area contributed by atoms with Gasteiger partial charge in [-0.2, -0.15) is 0 Å². The maximum atomic E-state index is 10.0. The number of aliphatic hydroxyl groups excluding tert-OH is 2. The molecule has 1 aliphatic heterocycles. The smallest absolute Gasteiger partial charge is 0.174 e. The molecule has 0 aromatic carbocycles. The number of rotatable bonds is 4. The van der Waals surface area contributed by atoms with Gasteiger partial charge in [-0.1, -0.05) is 19.1 Å². The summed E-state index contributed by atoms with van der Waals surface area (Å²) in [5.74, 6) is 0. The van der Waals surface area contributed by atoms with Crippen LogP contribution in [-0.4, -0.2) is 44.5 Å². The summed E-state index contributed by atoms with van der Waals surface area (Å²) in [5.41, 5.74) is 0. The molecule has 1 fully saturated rings. The summed E-state index contributed by atoms with van der Waals surface area (Å²) in [4.78, 5) is 0. The molecule has 2 unspecified atom stereocenters. The van der Waals surface area contributed by atoms with Crippen LogP contribution in [0.25, 0.3) is 0 Å². The van der Waals surface area contributed by atoms with Gasteiger partial charge in [0.2, 0.25) is 0 Å². The molecule has 0 aromatic rings. The first-order valence-electron chi connectivity index (χ1n) is 6.27. The van der Waals surface area contributed by atoms with Crippen molar-refractivity contribution in [3.63, 3.8) is 0 Å². The summed E-state index contributed by atoms with van der Waals surface area (Å²) in [6.07, 6.45) is 1.97. The second kappa shape index (κ2) is 5.31. The van der Waals surface area contributed by atoms with Crippen molar-refractivity contribution in [2.45, 2.75) is 63.7 Å². The van der Waals surface area contributed by atoms with Crippen LogP contribution in [-0.2, 0) is 4.43 Å². The predicted octanol–water partition coefficient (Wildman–Crippen LogP) is 1.90. The first kappa shape index (κ1) is 14.4. The summed E-state index contributed by atoms with van der Waals surface area (Å²) in [6.45, 7) is 9.57. The Bertz CT molecular complexity index is 231. The van der Waals surface area contributed by atoms with E-state index in [4.69, 9.17) is 9.53 Å². The molecule has 1 saturated heterocycles. The lowest BCUT2D eigenvalue weighted by atomic mass is 10.1. The van der Waals surface area contributed by atoms with Crippen LogP contribution in [0.2, 0.25) is 32.2 Å². The standard InChI is InChI=1S/C11H26O3Si2/c1-15(2)9-7-11(14-16(15,3)4)10(13)6-5-8-12/h10-13H,5-9H2,1-4H3.